The zero-order valence-electron chi connectivity index (χ0n) is 9.54. The van der Waals surface area contributed by atoms with Crippen LogP contribution in [0, 0.1) is 0 Å². The predicted octanol–water partition coefficient (Wildman–Crippen LogP) is 4.96. The van der Waals surface area contributed by atoms with Gasteiger partial charge in [0, 0.05) is 21.4 Å². The van der Waals surface area contributed by atoms with Crippen molar-refractivity contribution in [2.24, 2.45) is 0 Å². The van der Waals surface area contributed by atoms with Gasteiger partial charge in [-0.15, -0.1) is 0 Å². The third-order valence-corrected chi connectivity index (χ3v) is 3.59. The fourth-order valence-electron chi connectivity index (χ4n) is 1.42. The number of aromatic nitrogens is 2. The molecule has 1 aromatic heterocycles. The van der Waals surface area contributed by atoms with Crippen LogP contribution >= 0.6 is 43.5 Å². The van der Waals surface area contributed by atoms with Gasteiger partial charge in [0.25, 0.3) is 0 Å². The van der Waals surface area contributed by atoms with Crippen LogP contribution in [0.25, 0.3) is 0 Å². The summed E-state index contributed by atoms with van der Waals surface area (Å²) in [7, 11) is 0. The first-order valence-corrected chi connectivity index (χ1v) is 7.30. The lowest BCUT2D eigenvalue weighted by molar-refractivity contribution is 0.943. The van der Waals surface area contributed by atoms with Gasteiger partial charge in [0.2, 0.25) is 0 Å². The van der Waals surface area contributed by atoms with Gasteiger partial charge in [-0.05, 0) is 34.1 Å². The molecule has 0 unspecified atom stereocenters. The monoisotopic (exact) mass is 389 g/mol. The summed E-state index contributed by atoms with van der Waals surface area (Å²) < 4.78 is 1.96. The molecule has 0 spiro atoms. The zero-order chi connectivity index (χ0) is 13.1. The normalized spacial score (nSPS) is 10.4. The Morgan fingerprint density at radius 3 is 2.67 bits per heavy atom. The summed E-state index contributed by atoms with van der Waals surface area (Å²) in [5.41, 5.74) is 0.926. The van der Waals surface area contributed by atoms with Crippen LogP contribution in [-0.2, 0) is 6.42 Å². The molecule has 18 heavy (non-hydrogen) atoms. The Balaban J connectivity index is 2.30. The molecule has 2 aromatic rings. The summed E-state index contributed by atoms with van der Waals surface area (Å²) in [6, 6.07) is 7.58. The summed E-state index contributed by atoms with van der Waals surface area (Å²) in [4.78, 5) is 8.50. The molecule has 1 N–H and O–H groups in total. The van der Waals surface area contributed by atoms with Gasteiger partial charge in [0.05, 0.1) is 5.69 Å². The number of nitrogens with zero attached hydrogens (tertiary/aromatic N) is 2. The van der Waals surface area contributed by atoms with Gasteiger partial charge in [0.15, 0.2) is 0 Å². The minimum atomic E-state index is 0.442. The maximum absolute atomic E-state index is 5.95. The molecular formula is C12H10Br2ClN3. The second-order valence-electron chi connectivity index (χ2n) is 3.59. The van der Waals surface area contributed by atoms with E-state index in [-0.39, 0.29) is 0 Å². The molecule has 1 aromatic carbocycles. The molecule has 0 bridgehead atoms. The van der Waals surface area contributed by atoms with E-state index in [1.54, 1.807) is 6.07 Å². The highest BCUT2D eigenvalue weighted by atomic mass is 79.9. The van der Waals surface area contributed by atoms with Crippen LogP contribution in [0.5, 0.6) is 0 Å². The second kappa shape index (κ2) is 5.99. The molecule has 2 rings (SSSR count). The molecule has 0 radical (unpaired) electrons. The average molecular weight is 391 g/mol. The highest BCUT2D eigenvalue weighted by Crippen LogP contribution is 2.28. The lowest BCUT2D eigenvalue weighted by atomic mass is 10.3. The fourth-order valence-corrected chi connectivity index (χ4v) is 2.76. The summed E-state index contributed by atoms with van der Waals surface area (Å²) in [5.74, 6) is 1.41. The topological polar surface area (TPSA) is 37.8 Å². The Hall–Kier alpha value is -0.650. The molecule has 0 saturated heterocycles. The Labute approximate surface area is 127 Å². The molecule has 0 aliphatic rings. The second-order valence-corrected chi connectivity index (χ2v) is 5.75. The van der Waals surface area contributed by atoms with Crippen molar-refractivity contribution >= 4 is 55.0 Å². The molecule has 94 valence electrons. The van der Waals surface area contributed by atoms with Gasteiger partial charge < -0.3 is 5.32 Å². The van der Waals surface area contributed by atoms with Crippen molar-refractivity contribution in [2.75, 3.05) is 5.32 Å². The number of hydrogen-bond donors (Lipinski definition) is 1. The molecule has 0 atom stereocenters. The Morgan fingerprint density at radius 1 is 1.22 bits per heavy atom. The predicted molar refractivity (Wildman–Crippen MR) is 81.5 cm³/mol. The van der Waals surface area contributed by atoms with Gasteiger partial charge in [-0.3, -0.25) is 0 Å². The van der Waals surface area contributed by atoms with Gasteiger partial charge in [0.1, 0.15) is 16.8 Å². The minimum Gasteiger partial charge on any atom is -0.339 e. The highest BCUT2D eigenvalue weighted by molar-refractivity contribution is 9.11. The van der Waals surface area contributed by atoms with Gasteiger partial charge in [-0.1, -0.05) is 34.5 Å². The minimum absolute atomic E-state index is 0.442. The molecule has 0 aliphatic carbocycles. The van der Waals surface area contributed by atoms with Crippen molar-refractivity contribution in [1.29, 1.82) is 0 Å². The van der Waals surface area contributed by atoms with E-state index in [1.807, 2.05) is 25.1 Å². The van der Waals surface area contributed by atoms with E-state index < -0.39 is 0 Å². The van der Waals surface area contributed by atoms with Crippen LogP contribution < -0.4 is 5.32 Å². The average Bonchev–Trinajstić information content (AvgIpc) is 2.32. The van der Waals surface area contributed by atoms with Crippen LogP contribution in [0.1, 0.15) is 12.7 Å². The number of anilines is 2. The van der Waals surface area contributed by atoms with E-state index in [9.17, 15) is 0 Å². The first-order valence-electron chi connectivity index (χ1n) is 5.34. The van der Waals surface area contributed by atoms with Crippen molar-refractivity contribution < 1.29 is 0 Å². The van der Waals surface area contributed by atoms with E-state index in [4.69, 9.17) is 11.6 Å². The number of hydrogen-bond acceptors (Lipinski definition) is 3. The van der Waals surface area contributed by atoms with Crippen molar-refractivity contribution in [3.63, 3.8) is 0 Å². The number of aryl methyl sites for hydroxylation is 1. The first-order chi connectivity index (χ1) is 8.58. The van der Waals surface area contributed by atoms with Gasteiger partial charge in [-0.25, -0.2) is 9.97 Å². The Bertz CT molecular complexity index is 575. The van der Waals surface area contributed by atoms with E-state index in [2.05, 4.69) is 47.1 Å². The summed E-state index contributed by atoms with van der Waals surface area (Å²) in [6.07, 6.45) is 0.747. The number of rotatable bonds is 3. The lowest BCUT2D eigenvalue weighted by Gasteiger charge is -2.09. The Morgan fingerprint density at radius 2 is 2.00 bits per heavy atom. The van der Waals surface area contributed by atoms with Crippen molar-refractivity contribution in [1.82, 2.24) is 9.97 Å². The molecule has 0 saturated carbocycles. The van der Waals surface area contributed by atoms with Crippen molar-refractivity contribution in [3.8, 4) is 0 Å². The van der Waals surface area contributed by atoms with Crippen LogP contribution in [0.15, 0.2) is 33.2 Å². The van der Waals surface area contributed by atoms with Crippen LogP contribution in [0.2, 0.25) is 5.15 Å². The molecule has 1 heterocycles. The zero-order valence-corrected chi connectivity index (χ0v) is 13.5. The maximum Gasteiger partial charge on any atom is 0.135 e. The number of halogens is 3. The Kier molecular flexibility index (Phi) is 4.59. The van der Waals surface area contributed by atoms with E-state index >= 15 is 0 Å². The largest absolute Gasteiger partial charge is 0.339 e. The molecule has 0 amide bonds. The molecular weight excluding hydrogens is 381 g/mol. The standard InChI is InChI=1S/C12H10Br2ClN3/c1-2-11-17-10(15)6-12(18-11)16-9-4-3-7(13)5-8(9)14/h3-6H,2H2,1H3,(H,16,17,18). The van der Waals surface area contributed by atoms with E-state index in [1.165, 1.54) is 0 Å². The van der Waals surface area contributed by atoms with E-state index in [0.29, 0.717) is 11.0 Å². The quantitative estimate of drug-likeness (QED) is 0.752. The third-order valence-electron chi connectivity index (χ3n) is 2.25. The smallest absolute Gasteiger partial charge is 0.135 e. The summed E-state index contributed by atoms with van der Waals surface area (Å²) in [5, 5.41) is 3.65. The van der Waals surface area contributed by atoms with Gasteiger partial charge >= 0.3 is 0 Å². The first kappa shape index (κ1) is 13.8. The molecule has 0 fully saturated rings. The lowest BCUT2D eigenvalue weighted by Crippen LogP contribution is -2.00. The van der Waals surface area contributed by atoms with Crippen molar-refractivity contribution in [3.05, 3.63) is 44.2 Å². The van der Waals surface area contributed by atoms with Crippen molar-refractivity contribution in [2.45, 2.75) is 13.3 Å². The highest BCUT2D eigenvalue weighted by Gasteiger charge is 2.05. The molecule has 0 aliphatic heterocycles. The fraction of sp³-hybridized carbons (Fsp3) is 0.167. The number of nitrogens with one attached hydrogen (secondary N) is 1. The number of benzene rings is 1. The van der Waals surface area contributed by atoms with Crippen LogP contribution in [-0.4, -0.2) is 9.97 Å². The third kappa shape index (κ3) is 3.43. The maximum atomic E-state index is 5.95. The van der Waals surface area contributed by atoms with Crippen LogP contribution in [0.3, 0.4) is 0 Å². The summed E-state index contributed by atoms with van der Waals surface area (Å²) in [6.45, 7) is 1.99. The SMILES string of the molecule is CCc1nc(Cl)cc(Nc2ccc(Br)cc2Br)n1. The van der Waals surface area contributed by atoms with Gasteiger partial charge in [-0.2, -0.15) is 0 Å². The molecule has 3 nitrogen and oxygen atoms in total. The molecule has 6 heteroatoms. The van der Waals surface area contributed by atoms with E-state index in [0.717, 1.165) is 26.9 Å². The summed E-state index contributed by atoms with van der Waals surface area (Å²) >= 11 is 12.9. The van der Waals surface area contributed by atoms with Crippen LogP contribution in [0.4, 0.5) is 11.5 Å².